The first-order valence-electron chi connectivity index (χ1n) is 1.93. The number of carboxylic acid groups (broad SMARTS) is 2. The van der Waals surface area contributed by atoms with E-state index in [2.05, 4.69) is 4.74 Å². The lowest BCUT2D eigenvalue weighted by molar-refractivity contribution is 0.137. The standard InChI is InChI=1S/C3H5NO.CH2O3/c1-5-3-2-4;2-1(3)4/h3H2,1H3;(H2,2,3,4). The van der Waals surface area contributed by atoms with Crippen LogP contribution in [0.15, 0.2) is 0 Å². The molecule has 0 aromatic carbocycles. The van der Waals surface area contributed by atoms with Crippen molar-refractivity contribution in [3.63, 3.8) is 0 Å². The fraction of sp³-hybridized carbons (Fsp3) is 0.500. The Labute approximate surface area is 52.1 Å². The molecule has 0 saturated carbocycles. The van der Waals surface area contributed by atoms with Gasteiger partial charge in [0.25, 0.3) is 0 Å². The number of rotatable bonds is 1. The molecule has 5 nitrogen and oxygen atoms in total. The smallest absolute Gasteiger partial charge is 0.450 e. The molecule has 9 heavy (non-hydrogen) atoms. The summed E-state index contributed by atoms with van der Waals surface area (Å²) in [5.74, 6) is 0. The zero-order chi connectivity index (χ0) is 7.70. The third-order valence-electron chi connectivity index (χ3n) is 0.209. The minimum atomic E-state index is -1.83. The first-order chi connectivity index (χ1) is 4.15. The van der Waals surface area contributed by atoms with Crippen molar-refractivity contribution in [3.05, 3.63) is 0 Å². The highest BCUT2D eigenvalue weighted by atomic mass is 16.6. The van der Waals surface area contributed by atoms with Crippen LogP contribution >= 0.6 is 0 Å². The molecule has 0 aromatic rings. The van der Waals surface area contributed by atoms with E-state index in [1.165, 1.54) is 7.11 Å². The van der Waals surface area contributed by atoms with Crippen molar-refractivity contribution in [1.82, 2.24) is 0 Å². The van der Waals surface area contributed by atoms with E-state index >= 15 is 0 Å². The molecule has 0 bridgehead atoms. The molecule has 0 radical (unpaired) electrons. The number of nitriles is 1. The highest BCUT2D eigenvalue weighted by molar-refractivity contribution is 5.53. The lowest BCUT2D eigenvalue weighted by Crippen LogP contribution is -1.81. The second-order valence-electron chi connectivity index (χ2n) is 0.874. The summed E-state index contributed by atoms with van der Waals surface area (Å²) in [6.07, 6.45) is -1.83. The van der Waals surface area contributed by atoms with Gasteiger partial charge in [-0.2, -0.15) is 5.26 Å². The molecule has 0 saturated heterocycles. The van der Waals surface area contributed by atoms with Gasteiger partial charge in [-0.15, -0.1) is 0 Å². The van der Waals surface area contributed by atoms with E-state index in [0.717, 1.165) is 0 Å². The van der Waals surface area contributed by atoms with Gasteiger partial charge in [0.1, 0.15) is 6.61 Å². The van der Waals surface area contributed by atoms with Crippen LogP contribution in [-0.4, -0.2) is 30.1 Å². The lowest BCUT2D eigenvalue weighted by Gasteiger charge is -1.74. The molecule has 0 aliphatic carbocycles. The van der Waals surface area contributed by atoms with Crippen molar-refractivity contribution in [2.24, 2.45) is 0 Å². The molecule has 0 atom stereocenters. The summed E-state index contributed by atoms with van der Waals surface area (Å²) in [5, 5.41) is 21.6. The summed E-state index contributed by atoms with van der Waals surface area (Å²) >= 11 is 0. The number of nitrogens with zero attached hydrogens (tertiary/aromatic N) is 1. The number of carbonyl (C=O) groups is 1. The average Bonchev–Trinajstić information content (AvgIpc) is 1.66. The molecule has 0 fully saturated rings. The van der Waals surface area contributed by atoms with Crippen LogP contribution < -0.4 is 0 Å². The Kier molecular flexibility index (Phi) is 11.7. The highest BCUT2D eigenvalue weighted by Gasteiger charge is 1.70. The molecule has 52 valence electrons. The van der Waals surface area contributed by atoms with Crippen molar-refractivity contribution in [2.45, 2.75) is 0 Å². The third kappa shape index (κ3) is 289. The molecule has 2 N–H and O–H groups in total. The Hall–Kier alpha value is -1.28. The zero-order valence-electron chi connectivity index (χ0n) is 4.87. The minimum Gasteiger partial charge on any atom is -0.450 e. The Morgan fingerprint density at radius 3 is 2.11 bits per heavy atom. The lowest BCUT2D eigenvalue weighted by atomic mass is 10.8. The summed E-state index contributed by atoms with van der Waals surface area (Å²) in [7, 11) is 1.49. The number of ether oxygens (including phenoxy) is 1. The monoisotopic (exact) mass is 133 g/mol. The highest BCUT2D eigenvalue weighted by Crippen LogP contribution is 1.54. The fourth-order valence-electron chi connectivity index (χ4n) is 0.0645. The molecular formula is C4H7NO4. The minimum absolute atomic E-state index is 0.194. The summed E-state index contributed by atoms with van der Waals surface area (Å²) in [5.41, 5.74) is 0. The quantitative estimate of drug-likeness (QED) is 0.539. The van der Waals surface area contributed by atoms with Gasteiger partial charge in [0, 0.05) is 7.11 Å². The maximum absolute atomic E-state index is 8.56. The molecule has 0 aliphatic heterocycles. The first kappa shape index (κ1) is 10.7. The summed E-state index contributed by atoms with van der Waals surface area (Å²) in [6.45, 7) is 0.194. The predicted octanol–water partition coefficient (Wildman–Crippen LogP) is 0.379. The Morgan fingerprint density at radius 2 is 2.11 bits per heavy atom. The SMILES string of the molecule is COCC#N.O=C(O)O. The van der Waals surface area contributed by atoms with E-state index in [1.54, 1.807) is 6.07 Å². The third-order valence-corrected chi connectivity index (χ3v) is 0.209. The van der Waals surface area contributed by atoms with E-state index in [1.807, 2.05) is 0 Å². The zero-order valence-corrected chi connectivity index (χ0v) is 4.87. The maximum Gasteiger partial charge on any atom is 0.503 e. The van der Waals surface area contributed by atoms with Crippen LogP contribution in [0.3, 0.4) is 0 Å². The number of methoxy groups -OCH3 is 1. The van der Waals surface area contributed by atoms with Gasteiger partial charge < -0.3 is 14.9 Å². The van der Waals surface area contributed by atoms with Gasteiger partial charge in [-0.1, -0.05) is 0 Å². The van der Waals surface area contributed by atoms with Crippen molar-refractivity contribution >= 4 is 6.16 Å². The van der Waals surface area contributed by atoms with E-state index < -0.39 is 6.16 Å². The van der Waals surface area contributed by atoms with Gasteiger partial charge in [-0.3, -0.25) is 0 Å². The molecule has 0 rings (SSSR count). The van der Waals surface area contributed by atoms with E-state index in [4.69, 9.17) is 20.3 Å². The topological polar surface area (TPSA) is 90.5 Å². The second-order valence-corrected chi connectivity index (χ2v) is 0.874. The van der Waals surface area contributed by atoms with Crippen LogP contribution in [0, 0.1) is 11.3 Å². The van der Waals surface area contributed by atoms with Gasteiger partial charge in [0.05, 0.1) is 6.07 Å². The van der Waals surface area contributed by atoms with Gasteiger partial charge in [-0.05, 0) is 0 Å². The van der Waals surface area contributed by atoms with Crippen LogP contribution in [0.2, 0.25) is 0 Å². The average molecular weight is 133 g/mol. The summed E-state index contributed by atoms with van der Waals surface area (Å²) in [4.78, 5) is 8.56. The van der Waals surface area contributed by atoms with Gasteiger partial charge in [-0.25, -0.2) is 4.79 Å². The van der Waals surface area contributed by atoms with Crippen molar-refractivity contribution in [3.8, 4) is 6.07 Å². The van der Waals surface area contributed by atoms with Gasteiger partial charge in [0.15, 0.2) is 0 Å². The molecule has 5 heteroatoms. The molecule has 0 aromatic heterocycles. The van der Waals surface area contributed by atoms with Crippen LogP contribution in [0.5, 0.6) is 0 Å². The Bertz CT molecular complexity index is 102. The number of hydrogen-bond acceptors (Lipinski definition) is 3. The van der Waals surface area contributed by atoms with Crippen LogP contribution in [-0.2, 0) is 4.74 Å². The molecular weight excluding hydrogens is 126 g/mol. The van der Waals surface area contributed by atoms with Crippen molar-refractivity contribution in [1.29, 1.82) is 5.26 Å². The first-order valence-corrected chi connectivity index (χ1v) is 1.93. The fourth-order valence-corrected chi connectivity index (χ4v) is 0.0645. The van der Waals surface area contributed by atoms with Crippen LogP contribution in [0.25, 0.3) is 0 Å². The van der Waals surface area contributed by atoms with Crippen molar-refractivity contribution in [2.75, 3.05) is 13.7 Å². The number of hydrogen-bond donors (Lipinski definition) is 2. The van der Waals surface area contributed by atoms with Crippen LogP contribution in [0.1, 0.15) is 0 Å². The summed E-state index contributed by atoms with van der Waals surface area (Å²) in [6, 6.07) is 1.80. The van der Waals surface area contributed by atoms with Crippen LogP contribution in [0.4, 0.5) is 4.79 Å². The van der Waals surface area contributed by atoms with E-state index in [0.29, 0.717) is 0 Å². The molecule has 0 spiro atoms. The molecule has 0 amide bonds. The predicted molar refractivity (Wildman–Crippen MR) is 28.1 cm³/mol. The van der Waals surface area contributed by atoms with E-state index in [-0.39, 0.29) is 6.61 Å². The largest absolute Gasteiger partial charge is 0.503 e. The van der Waals surface area contributed by atoms with E-state index in [9.17, 15) is 0 Å². The maximum atomic E-state index is 8.56. The Balaban J connectivity index is 0. The summed E-state index contributed by atoms with van der Waals surface area (Å²) < 4.78 is 4.33. The second kappa shape index (κ2) is 9.87. The normalized spacial score (nSPS) is 6.22. The van der Waals surface area contributed by atoms with Crippen molar-refractivity contribution < 1.29 is 19.7 Å². The van der Waals surface area contributed by atoms with Gasteiger partial charge >= 0.3 is 6.16 Å². The molecule has 0 aliphatic rings. The molecule has 0 heterocycles. The Morgan fingerprint density at radius 1 is 1.78 bits per heavy atom. The van der Waals surface area contributed by atoms with Gasteiger partial charge in [0.2, 0.25) is 0 Å². The molecule has 0 unspecified atom stereocenters.